The molecule has 0 bridgehead atoms. The number of ether oxygens (including phenoxy) is 2. The lowest BCUT2D eigenvalue weighted by molar-refractivity contribution is 0.0480. The van der Waals surface area contributed by atoms with Gasteiger partial charge in [0.05, 0.1) is 25.4 Å². The molecule has 0 saturated carbocycles. The molecule has 2 rings (SSSR count). The van der Waals surface area contributed by atoms with Gasteiger partial charge in [0, 0.05) is 34.1 Å². The number of esters is 2. The van der Waals surface area contributed by atoms with Gasteiger partial charge in [-0.15, -0.1) is 0 Å². The van der Waals surface area contributed by atoms with E-state index in [4.69, 9.17) is 18.3 Å². The highest BCUT2D eigenvalue weighted by Crippen LogP contribution is 2.24. The molecule has 0 aliphatic rings. The second kappa shape index (κ2) is 13.0. The van der Waals surface area contributed by atoms with Gasteiger partial charge in [0.15, 0.2) is 0 Å². The minimum atomic E-state index is -0.898. The van der Waals surface area contributed by atoms with E-state index < -0.39 is 24.1 Å². The molecule has 2 unspecified atom stereocenters. The summed E-state index contributed by atoms with van der Waals surface area (Å²) in [6.07, 6.45) is -1.80. The third kappa shape index (κ3) is 7.61. The molecular formula is C22H30O8S2. The lowest BCUT2D eigenvalue weighted by Crippen LogP contribution is -2.30. The van der Waals surface area contributed by atoms with Gasteiger partial charge in [0.25, 0.3) is 0 Å². The Morgan fingerprint density at radius 2 is 1.22 bits per heavy atom. The van der Waals surface area contributed by atoms with E-state index in [0.29, 0.717) is 34.5 Å². The van der Waals surface area contributed by atoms with E-state index in [-0.39, 0.29) is 24.7 Å². The monoisotopic (exact) mass is 486 g/mol. The van der Waals surface area contributed by atoms with Crippen LogP contribution in [0.15, 0.2) is 21.0 Å². The summed E-state index contributed by atoms with van der Waals surface area (Å²) >= 11 is 2.88. The molecule has 0 fully saturated rings. The summed E-state index contributed by atoms with van der Waals surface area (Å²) < 4.78 is 20.7. The van der Waals surface area contributed by atoms with Crippen LogP contribution in [0.3, 0.4) is 0 Å². The summed E-state index contributed by atoms with van der Waals surface area (Å²) in [5, 5.41) is 20.5. The zero-order valence-corrected chi connectivity index (χ0v) is 20.3. The Labute approximate surface area is 196 Å². The van der Waals surface area contributed by atoms with Crippen molar-refractivity contribution in [3.8, 4) is 0 Å². The SMILES string of the molecule is CCOC(=O)c1cc(CSCC(O)C(O)CSCc2cc(C(=O)OCC)oc2C)c(C)o1. The van der Waals surface area contributed by atoms with Gasteiger partial charge in [-0.2, -0.15) is 23.5 Å². The number of hydrogen-bond donors (Lipinski definition) is 2. The lowest BCUT2D eigenvalue weighted by atomic mass is 10.2. The average Bonchev–Trinajstić information content (AvgIpc) is 3.31. The first-order valence-corrected chi connectivity index (χ1v) is 12.6. The Morgan fingerprint density at radius 3 is 1.56 bits per heavy atom. The molecule has 0 amide bonds. The van der Waals surface area contributed by atoms with Crippen LogP contribution in [0.25, 0.3) is 0 Å². The van der Waals surface area contributed by atoms with Gasteiger partial charge in [-0.3, -0.25) is 0 Å². The fourth-order valence-electron chi connectivity index (χ4n) is 2.73. The van der Waals surface area contributed by atoms with E-state index in [1.807, 2.05) is 0 Å². The lowest BCUT2D eigenvalue weighted by Gasteiger charge is -2.17. The van der Waals surface area contributed by atoms with Crippen LogP contribution in [0.5, 0.6) is 0 Å². The summed E-state index contributed by atoms with van der Waals surface area (Å²) in [4.78, 5) is 23.5. The molecule has 0 spiro atoms. The van der Waals surface area contributed by atoms with Gasteiger partial charge in [0.2, 0.25) is 11.5 Å². The molecule has 2 atom stereocenters. The normalized spacial score (nSPS) is 13.1. The van der Waals surface area contributed by atoms with Crippen molar-refractivity contribution in [1.29, 1.82) is 0 Å². The van der Waals surface area contributed by atoms with Crippen LogP contribution in [0.2, 0.25) is 0 Å². The third-order valence-corrected chi connectivity index (χ3v) is 6.72. The van der Waals surface area contributed by atoms with Crippen LogP contribution in [0, 0.1) is 13.8 Å². The minimum Gasteiger partial charge on any atom is -0.460 e. The van der Waals surface area contributed by atoms with E-state index in [2.05, 4.69) is 0 Å². The van der Waals surface area contributed by atoms with Crippen molar-refractivity contribution in [1.82, 2.24) is 0 Å². The number of aliphatic hydroxyl groups is 2. The fourth-order valence-corrected chi connectivity index (χ4v) is 4.91. The van der Waals surface area contributed by atoms with E-state index in [0.717, 1.165) is 11.1 Å². The van der Waals surface area contributed by atoms with Crippen molar-refractivity contribution in [2.75, 3.05) is 24.7 Å². The highest BCUT2D eigenvalue weighted by molar-refractivity contribution is 7.98. The molecule has 2 aromatic heterocycles. The second-order valence-corrected chi connectivity index (χ2v) is 9.05. The number of thioether (sulfide) groups is 2. The highest BCUT2D eigenvalue weighted by Gasteiger charge is 2.20. The van der Waals surface area contributed by atoms with Gasteiger partial charge in [-0.25, -0.2) is 9.59 Å². The molecule has 8 nitrogen and oxygen atoms in total. The van der Waals surface area contributed by atoms with E-state index >= 15 is 0 Å². The number of furan rings is 2. The summed E-state index contributed by atoms with van der Waals surface area (Å²) in [5.74, 6) is 2.33. The molecule has 2 heterocycles. The van der Waals surface area contributed by atoms with E-state index in [1.165, 1.54) is 23.5 Å². The molecule has 0 aliphatic heterocycles. The van der Waals surface area contributed by atoms with Gasteiger partial charge in [-0.1, -0.05) is 0 Å². The number of rotatable bonds is 13. The van der Waals surface area contributed by atoms with Crippen LogP contribution in [-0.2, 0) is 21.0 Å². The summed E-state index contributed by atoms with van der Waals surface area (Å²) in [6, 6.07) is 3.30. The predicted octanol–water partition coefficient (Wildman–Crippen LogP) is 3.73. The minimum absolute atomic E-state index is 0.164. The van der Waals surface area contributed by atoms with Crippen LogP contribution < -0.4 is 0 Å². The summed E-state index contributed by atoms with van der Waals surface area (Å²) in [7, 11) is 0. The molecule has 0 radical (unpaired) electrons. The van der Waals surface area contributed by atoms with Gasteiger partial charge in [0.1, 0.15) is 11.5 Å². The maximum Gasteiger partial charge on any atom is 0.374 e. The van der Waals surface area contributed by atoms with Crippen molar-refractivity contribution in [3.05, 3.63) is 46.3 Å². The van der Waals surface area contributed by atoms with Crippen LogP contribution in [0.1, 0.15) is 57.6 Å². The van der Waals surface area contributed by atoms with Crippen molar-refractivity contribution >= 4 is 35.5 Å². The zero-order chi connectivity index (χ0) is 23.7. The number of carbonyl (C=O) groups excluding carboxylic acids is 2. The highest BCUT2D eigenvalue weighted by atomic mass is 32.2. The van der Waals surface area contributed by atoms with Gasteiger partial charge in [-0.05, 0) is 39.8 Å². The van der Waals surface area contributed by atoms with Crippen molar-refractivity contribution < 1.29 is 38.1 Å². The molecule has 0 saturated heterocycles. The summed E-state index contributed by atoms with van der Waals surface area (Å²) in [5.41, 5.74) is 1.70. The molecule has 2 aromatic rings. The maximum atomic E-state index is 11.7. The van der Waals surface area contributed by atoms with Crippen molar-refractivity contribution in [2.24, 2.45) is 0 Å². The second-order valence-electron chi connectivity index (χ2n) is 6.99. The number of aryl methyl sites for hydroxylation is 2. The Kier molecular flexibility index (Phi) is 10.7. The molecule has 2 N–H and O–H groups in total. The topological polar surface area (TPSA) is 119 Å². The van der Waals surface area contributed by atoms with Crippen LogP contribution in [0.4, 0.5) is 0 Å². The van der Waals surface area contributed by atoms with E-state index in [9.17, 15) is 19.8 Å². The standard InChI is InChI=1S/C22H30O8S2/c1-5-27-21(25)19-7-15(13(3)29-19)9-31-11-17(23)18(24)12-32-10-16-8-20(30-14(16)4)22(26)28-6-2/h7-8,17-18,23-24H,5-6,9-12H2,1-4H3. The molecule has 0 aromatic carbocycles. The Balaban J connectivity index is 1.74. The smallest absolute Gasteiger partial charge is 0.374 e. The van der Waals surface area contributed by atoms with Crippen molar-refractivity contribution in [3.63, 3.8) is 0 Å². The largest absolute Gasteiger partial charge is 0.460 e. The maximum absolute atomic E-state index is 11.7. The van der Waals surface area contributed by atoms with Gasteiger partial charge < -0.3 is 28.5 Å². The van der Waals surface area contributed by atoms with Gasteiger partial charge >= 0.3 is 11.9 Å². The summed E-state index contributed by atoms with van der Waals surface area (Å²) in [6.45, 7) is 7.55. The first kappa shape index (κ1) is 26.4. The number of aliphatic hydroxyl groups excluding tert-OH is 2. The molecule has 32 heavy (non-hydrogen) atoms. The fraction of sp³-hybridized carbons (Fsp3) is 0.545. The first-order chi connectivity index (χ1) is 15.3. The van der Waals surface area contributed by atoms with E-state index in [1.54, 1.807) is 39.8 Å². The number of carbonyl (C=O) groups is 2. The number of hydrogen-bond acceptors (Lipinski definition) is 10. The molecule has 178 valence electrons. The molecule has 10 heteroatoms. The average molecular weight is 487 g/mol. The zero-order valence-electron chi connectivity index (χ0n) is 18.7. The first-order valence-electron chi connectivity index (χ1n) is 10.3. The van der Waals surface area contributed by atoms with Crippen molar-refractivity contribution in [2.45, 2.75) is 51.4 Å². The predicted molar refractivity (Wildman–Crippen MR) is 123 cm³/mol. The Hall–Kier alpha value is -1.88. The molecule has 0 aliphatic carbocycles. The Bertz CT molecular complexity index is 816. The van der Waals surface area contributed by atoms with Crippen LogP contribution >= 0.6 is 23.5 Å². The quantitative estimate of drug-likeness (QED) is 0.405. The third-order valence-electron chi connectivity index (χ3n) is 4.53. The Morgan fingerprint density at radius 1 is 0.844 bits per heavy atom. The molecular weight excluding hydrogens is 456 g/mol. The van der Waals surface area contributed by atoms with Crippen LogP contribution in [-0.4, -0.2) is 59.1 Å².